The Morgan fingerprint density at radius 2 is 1.82 bits per heavy atom. The maximum atomic E-state index is 12.5. The molecule has 5 nitrogen and oxygen atoms in total. The van der Waals surface area contributed by atoms with Gasteiger partial charge in [0.1, 0.15) is 0 Å². The summed E-state index contributed by atoms with van der Waals surface area (Å²) < 4.78 is 11.3. The first-order chi connectivity index (χ1) is 13.8. The van der Waals surface area contributed by atoms with E-state index in [-0.39, 0.29) is 18.5 Å². The van der Waals surface area contributed by atoms with E-state index in [0.717, 1.165) is 17.7 Å². The second-order valence-corrected chi connectivity index (χ2v) is 7.48. The Morgan fingerprint density at radius 1 is 1.00 bits per heavy atom. The number of rotatable bonds is 6. The van der Waals surface area contributed by atoms with Crippen LogP contribution in [0.5, 0.6) is 11.5 Å². The molecule has 1 aromatic heterocycles. The number of carbonyl (C=O) groups is 1. The van der Waals surface area contributed by atoms with Crippen LogP contribution in [0.25, 0.3) is 0 Å². The molecule has 2 aromatic carbocycles. The van der Waals surface area contributed by atoms with Crippen LogP contribution in [0.2, 0.25) is 0 Å². The van der Waals surface area contributed by atoms with Gasteiger partial charge in [-0.2, -0.15) is 0 Å². The molecule has 0 saturated heterocycles. The van der Waals surface area contributed by atoms with Gasteiger partial charge in [0.25, 0.3) is 0 Å². The van der Waals surface area contributed by atoms with E-state index in [1.54, 1.807) is 11.3 Å². The lowest BCUT2D eigenvalue weighted by molar-refractivity contribution is -0.115. The molecular weight excluding hydrogens is 372 g/mol. The zero-order chi connectivity index (χ0) is 19.2. The summed E-state index contributed by atoms with van der Waals surface area (Å²) in [5.41, 5.74) is 1.83. The lowest BCUT2D eigenvalue weighted by Crippen LogP contribution is -2.31. The van der Waals surface area contributed by atoms with E-state index in [1.165, 1.54) is 4.88 Å². The Bertz CT molecular complexity index is 913. The van der Waals surface area contributed by atoms with Crippen LogP contribution in [0.3, 0.4) is 0 Å². The maximum absolute atomic E-state index is 12.5. The van der Waals surface area contributed by atoms with Crippen molar-refractivity contribution in [2.75, 3.05) is 25.1 Å². The average molecular weight is 394 g/mol. The van der Waals surface area contributed by atoms with E-state index in [9.17, 15) is 4.79 Å². The molecule has 2 N–H and O–H groups in total. The monoisotopic (exact) mass is 394 g/mol. The summed E-state index contributed by atoms with van der Waals surface area (Å²) in [5.74, 6) is 1.28. The standard InChI is InChI=1S/C22H22N2O3S/c25-21(24-17-9-10-18-19(14-17)27-12-5-11-26-18)15-23-22(20-8-4-13-28-20)16-6-2-1-3-7-16/h1-4,6-10,13-14,22-23H,5,11-12,15H2,(H,24,25)/t22-/m0/s1. The molecule has 144 valence electrons. The molecule has 0 unspecified atom stereocenters. The van der Waals surface area contributed by atoms with Gasteiger partial charge in [-0.25, -0.2) is 0 Å². The Balaban J connectivity index is 1.41. The highest BCUT2D eigenvalue weighted by Gasteiger charge is 2.17. The van der Waals surface area contributed by atoms with E-state index in [4.69, 9.17) is 9.47 Å². The van der Waals surface area contributed by atoms with Gasteiger partial charge in [0.15, 0.2) is 11.5 Å². The summed E-state index contributed by atoms with van der Waals surface area (Å²) in [6, 6.07) is 19.7. The molecule has 3 aromatic rings. The largest absolute Gasteiger partial charge is 0.490 e. The predicted octanol–water partition coefficient (Wildman–Crippen LogP) is 4.23. The molecule has 1 amide bonds. The van der Waals surface area contributed by atoms with Gasteiger partial charge in [-0.3, -0.25) is 10.1 Å². The molecule has 1 aliphatic rings. The molecule has 0 radical (unpaired) electrons. The summed E-state index contributed by atoms with van der Waals surface area (Å²) in [5, 5.41) is 8.35. The molecule has 2 heterocycles. The summed E-state index contributed by atoms with van der Waals surface area (Å²) >= 11 is 1.67. The Labute approximate surface area is 168 Å². The number of anilines is 1. The fraction of sp³-hybridized carbons (Fsp3) is 0.227. The van der Waals surface area contributed by atoms with Crippen molar-refractivity contribution in [1.82, 2.24) is 5.32 Å². The molecule has 4 rings (SSSR count). The lowest BCUT2D eigenvalue weighted by Gasteiger charge is -2.18. The van der Waals surface area contributed by atoms with Crippen LogP contribution in [-0.2, 0) is 4.79 Å². The highest BCUT2D eigenvalue weighted by molar-refractivity contribution is 7.10. The molecule has 0 aliphatic carbocycles. The van der Waals surface area contributed by atoms with E-state index in [1.807, 2.05) is 47.8 Å². The number of fused-ring (bicyclic) bond motifs is 1. The van der Waals surface area contributed by atoms with Gasteiger partial charge in [-0.15, -0.1) is 11.3 Å². The second kappa shape index (κ2) is 8.91. The zero-order valence-corrected chi connectivity index (χ0v) is 16.2. The molecule has 0 fully saturated rings. The normalized spacial score (nSPS) is 14.1. The van der Waals surface area contributed by atoms with Gasteiger partial charge in [-0.1, -0.05) is 36.4 Å². The summed E-state index contributed by atoms with van der Waals surface area (Å²) in [6.45, 7) is 1.46. The van der Waals surface area contributed by atoms with Crippen molar-refractivity contribution in [1.29, 1.82) is 0 Å². The first kappa shape index (κ1) is 18.5. The maximum Gasteiger partial charge on any atom is 0.238 e. The highest BCUT2D eigenvalue weighted by Crippen LogP contribution is 2.32. The predicted molar refractivity (Wildman–Crippen MR) is 111 cm³/mol. The van der Waals surface area contributed by atoms with Gasteiger partial charge in [0.2, 0.25) is 5.91 Å². The van der Waals surface area contributed by atoms with Crippen LogP contribution < -0.4 is 20.1 Å². The third-order valence-corrected chi connectivity index (χ3v) is 5.40. The van der Waals surface area contributed by atoms with Crippen molar-refractivity contribution in [3.8, 4) is 11.5 Å². The number of carbonyl (C=O) groups excluding carboxylic acids is 1. The summed E-state index contributed by atoms with van der Waals surface area (Å²) in [6.07, 6.45) is 0.851. The smallest absolute Gasteiger partial charge is 0.238 e. The number of nitrogens with one attached hydrogen (secondary N) is 2. The minimum Gasteiger partial charge on any atom is -0.490 e. The van der Waals surface area contributed by atoms with Crippen LogP contribution in [0.4, 0.5) is 5.69 Å². The van der Waals surface area contributed by atoms with E-state index >= 15 is 0 Å². The molecule has 28 heavy (non-hydrogen) atoms. The minimum absolute atomic E-state index is 0.0178. The Morgan fingerprint density at radius 3 is 2.61 bits per heavy atom. The lowest BCUT2D eigenvalue weighted by atomic mass is 10.1. The van der Waals surface area contributed by atoms with Crippen LogP contribution in [0, 0.1) is 0 Å². The first-order valence-corrected chi connectivity index (χ1v) is 10.2. The van der Waals surface area contributed by atoms with Gasteiger partial charge < -0.3 is 14.8 Å². The van der Waals surface area contributed by atoms with Crippen LogP contribution in [0.1, 0.15) is 22.9 Å². The van der Waals surface area contributed by atoms with Crippen molar-refractivity contribution in [3.63, 3.8) is 0 Å². The minimum atomic E-state index is -0.105. The highest BCUT2D eigenvalue weighted by atomic mass is 32.1. The molecule has 0 saturated carbocycles. The fourth-order valence-electron chi connectivity index (χ4n) is 3.12. The number of benzene rings is 2. The van der Waals surface area contributed by atoms with Gasteiger partial charge >= 0.3 is 0 Å². The van der Waals surface area contributed by atoms with Crippen LogP contribution >= 0.6 is 11.3 Å². The van der Waals surface area contributed by atoms with Crippen LogP contribution in [0.15, 0.2) is 66.0 Å². The molecule has 0 bridgehead atoms. The first-order valence-electron chi connectivity index (χ1n) is 9.31. The Kier molecular flexibility index (Phi) is 5.89. The van der Waals surface area contributed by atoms with Gasteiger partial charge in [0, 0.05) is 23.1 Å². The number of hydrogen-bond acceptors (Lipinski definition) is 5. The van der Waals surface area contributed by atoms with Crippen LogP contribution in [-0.4, -0.2) is 25.7 Å². The zero-order valence-electron chi connectivity index (χ0n) is 15.4. The van der Waals surface area contributed by atoms with Crippen molar-refractivity contribution in [2.45, 2.75) is 12.5 Å². The average Bonchev–Trinajstić information content (AvgIpc) is 3.14. The molecule has 0 spiro atoms. The van der Waals surface area contributed by atoms with Gasteiger partial charge in [0.05, 0.1) is 25.8 Å². The van der Waals surface area contributed by atoms with E-state index in [2.05, 4.69) is 28.8 Å². The quantitative estimate of drug-likeness (QED) is 0.657. The summed E-state index contributed by atoms with van der Waals surface area (Å²) in [4.78, 5) is 13.7. The van der Waals surface area contributed by atoms with Crippen molar-refractivity contribution >= 4 is 22.9 Å². The summed E-state index contributed by atoms with van der Waals surface area (Å²) in [7, 11) is 0. The number of hydrogen-bond donors (Lipinski definition) is 2. The molecule has 6 heteroatoms. The SMILES string of the molecule is O=C(CN[C@@H](c1ccccc1)c1cccs1)Nc1ccc2c(c1)OCCCO2. The van der Waals surface area contributed by atoms with Crippen molar-refractivity contribution < 1.29 is 14.3 Å². The third-order valence-electron chi connectivity index (χ3n) is 4.46. The fourth-order valence-corrected chi connectivity index (χ4v) is 3.95. The Hall–Kier alpha value is -2.83. The van der Waals surface area contributed by atoms with E-state index in [0.29, 0.717) is 24.7 Å². The van der Waals surface area contributed by atoms with Crippen molar-refractivity contribution in [3.05, 3.63) is 76.5 Å². The molecular formula is C22H22N2O3S. The number of ether oxygens (including phenoxy) is 2. The second-order valence-electron chi connectivity index (χ2n) is 6.50. The third kappa shape index (κ3) is 4.52. The molecule has 1 atom stereocenters. The number of thiophene rings is 1. The molecule has 1 aliphatic heterocycles. The number of amides is 1. The van der Waals surface area contributed by atoms with E-state index < -0.39 is 0 Å². The van der Waals surface area contributed by atoms with Crippen molar-refractivity contribution in [2.24, 2.45) is 0 Å². The van der Waals surface area contributed by atoms with Gasteiger partial charge in [-0.05, 0) is 29.1 Å². The topological polar surface area (TPSA) is 59.6 Å².